The zero-order valence-electron chi connectivity index (χ0n) is 14.4. The van der Waals surface area contributed by atoms with Gasteiger partial charge in [0.2, 0.25) is 5.88 Å². The summed E-state index contributed by atoms with van der Waals surface area (Å²) < 4.78 is 44.8. The highest BCUT2D eigenvalue weighted by atomic mass is 35.5. The fraction of sp³-hybridized carbons (Fsp3) is 0.167. The number of hydrogen-bond acceptors (Lipinski definition) is 4. The summed E-state index contributed by atoms with van der Waals surface area (Å²) in [5.74, 6) is -0.169. The molecule has 0 atom stereocenters. The molecule has 0 radical (unpaired) electrons. The molecule has 144 valence electrons. The Morgan fingerprint density at radius 2 is 1.96 bits per heavy atom. The Labute approximate surface area is 160 Å². The van der Waals surface area contributed by atoms with Crippen LogP contribution in [0.4, 0.5) is 13.2 Å². The molecule has 6 nitrogen and oxygen atoms in total. The molecule has 0 aliphatic carbocycles. The Kier molecular flexibility index (Phi) is 4.26. The van der Waals surface area contributed by atoms with Gasteiger partial charge in [0.25, 0.3) is 5.56 Å². The number of alkyl halides is 3. The monoisotopic (exact) mass is 408 g/mol. The molecular formula is C18H12ClF3N4O2. The van der Waals surface area contributed by atoms with E-state index in [4.69, 9.17) is 16.3 Å². The van der Waals surface area contributed by atoms with Crippen LogP contribution >= 0.6 is 11.6 Å². The summed E-state index contributed by atoms with van der Waals surface area (Å²) in [6.45, 7) is -1.44. The van der Waals surface area contributed by atoms with Gasteiger partial charge in [-0.15, -0.1) is 0 Å². The van der Waals surface area contributed by atoms with Crippen molar-refractivity contribution < 1.29 is 17.9 Å². The molecule has 0 spiro atoms. The van der Waals surface area contributed by atoms with Gasteiger partial charge in [-0.2, -0.15) is 18.3 Å². The van der Waals surface area contributed by atoms with E-state index in [-0.39, 0.29) is 11.4 Å². The summed E-state index contributed by atoms with van der Waals surface area (Å²) in [5, 5.41) is 5.33. The molecule has 0 bridgehead atoms. The van der Waals surface area contributed by atoms with Crippen molar-refractivity contribution in [3.63, 3.8) is 0 Å². The number of aromatic nitrogens is 4. The molecule has 0 N–H and O–H groups in total. The maximum Gasteiger partial charge on any atom is 0.422 e. The van der Waals surface area contributed by atoms with Crippen LogP contribution in [0.5, 0.6) is 5.88 Å². The first-order valence-corrected chi connectivity index (χ1v) is 8.45. The largest absolute Gasteiger partial charge is 0.468 e. The van der Waals surface area contributed by atoms with Crippen molar-refractivity contribution in [1.29, 1.82) is 0 Å². The minimum atomic E-state index is -4.46. The smallest absolute Gasteiger partial charge is 0.422 e. The number of fused-ring (bicyclic) bond motifs is 3. The number of benzene rings is 1. The lowest BCUT2D eigenvalue weighted by Crippen LogP contribution is -2.19. The van der Waals surface area contributed by atoms with Gasteiger partial charge in [-0.3, -0.25) is 9.36 Å². The second-order valence-corrected chi connectivity index (χ2v) is 6.55. The fourth-order valence-electron chi connectivity index (χ4n) is 2.88. The quantitative estimate of drug-likeness (QED) is 0.516. The number of aryl methyl sites for hydroxylation is 1. The third kappa shape index (κ3) is 3.29. The maximum atomic E-state index is 12.6. The van der Waals surface area contributed by atoms with Crippen molar-refractivity contribution in [2.24, 2.45) is 7.05 Å². The second-order valence-electron chi connectivity index (χ2n) is 6.11. The van der Waals surface area contributed by atoms with Crippen LogP contribution in [0.25, 0.3) is 27.8 Å². The van der Waals surface area contributed by atoms with E-state index in [0.717, 1.165) is 0 Å². The summed E-state index contributed by atoms with van der Waals surface area (Å²) >= 11 is 6.00. The van der Waals surface area contributed by atoms with E-state index in [1.165, 1.54) is 16.8 Å². The molecule has 0 saturated heterocycles. The molecule has 0 saturated carbocycles. The highest BCUT2D eigenvalue weighted by Gasteiger charge is 2.28. The van der Waals surface area contributed by atoms with Gasteiger partial charge in [-0.25, -0.2) is 9.50 Å². The van der Waals surface area contributed by atoms with Gasteiger partial charge >= 0.3 is 6.18 Å². The maximum absolute atomic E-state index is 12.6. The van der Waals surface area contributed by atoms with Crippen molar-refractivity contribution in [2.45, 2.75) is 6.18 Å². The zero-order valence-corrected chi connectivity index (χ0v) is 15.1. The van der Waals surface area contributed by atoms with Gasteiger partial charge in [0.1, 0.15) is 5.65 Å². The predicted molar refractivity (Wildman–Crippen MR) is 97.7 cm³/mol. The van der Waals surface area contributed by atoms with E-state index in [1.807, 2.05) is 0 Å². The van der Waals surface area contributed by atoms with E-state index >= 15 is 0 Å². The Bertz CT molecular complexity index is 1260. The first-order valence-electron chi connectivity index (χ1n) is 8.07. The lowest BCUT2D eigenvalue weighted by atomic mass is 10.2. The molecule has 1 aromatic carbocycles. The van der Waals surface area contributed by atoms with Crippen molar-refractivity contribution in [2.75, 3.05) is 6.61 Å². The van der Waals surface area contributed by atoms with Crippen LogP contribution in [-0.4, -0.2) is 31.9 Å². The molecule has 0 amide bonds. The number of ether oxygens (including phenoxy) is 1. The summed E-state index contributed by atoms with van der Waals surface area (Å²) in [4.78, 5) is 16.4. The minimum Gasteiger partial charge on any atom is -0.468 e. The third-order valence-corrected chi connectivity index (χ3v) is 4.41. The third-order valence-electron chi connectivity index (χ3n) is 4.17. The summed E-state index contributed by atoms with van der Waals surface area (Å²) in [6, 6.07) is 9.53. The highest BCUT2D eigenvalue weighted by Crippen LogP contribution is 2.25. The number of pyridine rings is 1. The van der Waals surface area contributed by atoms with Crippen LogP contribution in [0.1, 0.15) is 0 Å². The normalized spacial score (nSPS) is 12.0. The average molecular weight is 409 g/mol. The van der Waals surface area contributed by atoms with Crippen LogP contribution in [0, 0.1) is 0 Å². The first kappa shape index (κ1) is 18.3. The van der Waals surface area contributed by atoms with E-state index < -0.39 is 12.8 Å². The van der Waals surface area contributed by atoms with Crippen LogP contribution in [-0.2, 0) is 7.05 Å². The molecular weight excluding hydrogens is 397 g/mol. The van der Waals surface area contributed by atoms with Gasteiger partial charge < -0.3 is 4.74 Å². The van der Waals surface area contributed by atoms with Gasteiger partial charge in [0, 0.05) is 36.0 Å². The van der Waals surface area contributed by atoms with Crippen LogP contribution in [0.15, 0.2) is 47.4 Å². The van der Waals surface area contributed by atoms with Crippen molar-refractivity contribution in [3.8, 4) is 17.1 Å². The molecule has 3 aromatic heterocycles. The molecule has 28 heavy (non-hydrogen) atoms. The molecule has 4 rings (SSSR count). The topological polar surface area (TPSA) is 61.4 Å². The lowest BCUT2D eigenvalue weighted by Gasteiger charge is -2.08. The fourth-order valence-corrected chi connectivity index (χ4v) is 3.05. The molecule has 0 unspecified atom stereocenters. The van der Waals surface area contributed by atoms with Crippen LogP contribution < -0.4 is 10.3 Å². The van der Waals surface area contributed by atoms with Crippen molar-refractivity contribution >= 4 is 28.2 Å². The summed E-state index contributed by atoms with van der Waals surface area (Å²) in [5.41, 5.74) is 1.81. The van der Waals surface area contributed by atoms with E-state index in [1.54, 1.807) is 41.9 Å². The van der Waals surface area contributed by atoms with Crippen LogP contribution in [0.3, 0.4) is 0 Å². The number of hydrogen-bond donors (Lipinski definition) is 0. The van der Waals surface area contributed by atoms with Gasteiger partial charge in [0.05, 0.1) is 16.6 Å². The average Bonchev–Trinajstić information content (AvgIpc) is 3.10. The van der Waals surface area contributed by atoms with Crippen molar-refractivity contribution in [3.05, 3.63) is 58.0 Å². The van der Waals surface area contributed by atoms with Gasteiger partial charge in [-0.1, -0.05) is 11.6 Å². The van der Waals surface area contributed by atoms with E-state index in [0.29, 0.717) is 32.8 Å². The van der Waals surface area contributed by atoms with Gasteiger partial charge in [0.15, 0.2) is 6.61 Å². The molecule has 10 heteroatoms. The Morgan fingerprint density at radius 3 is 2.71 bits per heavy atom. The van der Waals surface area contributed by atoms with E-state index in [9.17, 15) is 18.0 Å². The van der Waals surface area contributed by atoms with Crippen molar-refractivity contribution in [1.82, 2.24) is 19.2 Å². The number of nitrogens with zero attached hydrogens (tertiary/aromatic N) is 4. The predicted octanol–water partition coefficient (Wildman–Crippen LogP) is 3.84. The molecule has 0 aliphatic heterocycles. The molecule has 0 fully saturated rings. The Morgan fingerprint density at radius 1 is 1.18 bits per heavy atom. The highest BCUT2D eigenvalue weighted by molar-refractivity contribution is 6.31. The lowest BCUT2D eigenvalue weighted by molar-refractivity contribution is -0.154. The summed E-state index contributed by atoms with van der Waals surface area (Å²) in [7, 11) is 1.61. The van der Waals surface area contributed by atoms with E-state index in [2.05, 4.69) is 10.1 Å². The first-order chi connectivity index (χ1) is 13.2. The Balaban J connectivity index is 1.84. The molecule has 4 aromatic rings. The zero-order chi connectivity index (χ0) is 20.1. The van der Waals surface area contributed by atoms with Crippen LogP contribution in [0.2, 0.25) is 5.02 Å². The SMILES string of the molecule is Cn1c(=O)c2cc(Cl)ccc2n2nc(-c3ccnc(OCC(F)(F)F)c3)cc12. The summed E-state index contributed by atoms with van der Waals surface area (Å²) in [6.07, 6.45) is -3.12. The van der Waals surface area contributed by atoms with Gasteiger partial charge in [-0.05, 0) is 24.3 Å². The minimum absolute atomic E-state index is 0.169. The number of halogens is 4. The molecule has 0 aliphatic rings. The number of rotatable bonds is 3. The second kappa shape index (κ2) is 6.52. The standard InChI is InChI=1S/C18H12ClF3N4O2/c1-25-16-8-13(10-4-5-23-15(6-10)28-9-18(20,21)22)24-26(16)14-3-2-11(19)7-12(14)17(25)27/h2-8H,9H2,1H3. The Hall–Kier alpha value is -3.07. The molecule has 3 heterocycles.